The van der Waals surface area contributed by atoms with E-state index in [2.05, 4.69) is 20.0 Å². The lowest BCUT2D eigenvalue weighted by molar-refractivity contribution is -0.715. The summed E-state index contributed by atoms with van der Waals surface area (Å²) in [5.41, 5.74) is 0.497. The molecule has 3 aromatic rings. The van der Waals surface area contributed by atoms with Crippen molar-refractivity contribution in [1.29, 1.82) is 0 Å². The highest BCUT2D eigenvalue weighted by atomic mass is 32.2. The molecule has 47 heavy (non-hydrogen) atoms. The summed E-state index contributed by atoms with van der Waals surface area (Å²) in [6.45, 7) is 4.20. The minimum absolute atomic E-state index is 0.0931. The van der Waals surface area contributed by atoms with E-state index in [9.17, 15) is 36.4 Å². The standard InChI is InChI=1S/C28H31F3N6O9S/c1-18(2)46-27(39)44-17-45-34-37(40)35-14-4-5-22(35)16-43-26(38)33-47(41,42)23-12-10-21(11-13-23)36-24(15-25(32-36)28(29,30)31)20-8-6-19(3)7-9-20/h6-13,15,18,22H,4-5,14,16-17H2,1-3H3,(H,33,38)/b37-34+/t22-/m0/s1. The maximum atomic E-state index is 13.5. The summed E-state index contributed by atoms with van der Waals surface area (Å²) < 4.78 is 83.3. The summed E-state index contributed by atoms with van der Waals surface area (Å²) >= 11 is 0. The van der Waals surface area contributed by atoms with Gasteiger partial charge in [-0.25, -0.2) is 27.4 Å². The molecule has 1 saturated heterocycles. The van der Waals surface area contributed by atoms with Crippen LogP contribution in [-0.4, -0.2) is 72.5 Å². The van der Waals surface area contributed by atoms with Crippen molar-refractivity contribution >= 4 is 22.3 Å². The SMILES string of the molecule is Cc1ccc(-c2cc(C(F)(F)F)nn2-c2ccc(S(=O)(=O)NC(=O)OC[C@@H]3CCCN3/[N+]([O-])=N\OCOC(=O)OC(C)C)cc2)cc1. The Morgan fingerprint density at radius 2 is 1.81 bits per heavy atom. The Morgan fingerprint density at radius 3 is 2.45 bits per heavy atom. The number of carbonyl (C=O) groups is 2. The van der Waals surface area contributed by atoms with E-state index in [0.717, 1.165) is 33.5 Å². The highest BCUT2D eigenvalue weighted by Gasteiger charge is 2.36. The average molecular weight is 685 g/mol. The third-order valence-corrected chi connectivity index (χ3v) is 7.95. The van der Waals surface area contributed by atoms with Gasteiger partial charge in [-0.1, -0.05) is 29.8 Å². The number of nitrogens with one attached hydrogen (secondary N) is 1. The Hall–Kier alpha value is -5.07. The number of aryl methyl sites for hydroxylation is 1. The van der Waals surface area contributed by atoms with Crippen molar-refractivity contribution in [3.8, 4) is 16.9 Å². The number of benzene rings is 2. The van der Waals surface area contributed by atoms with Crippen LogP contribution in [-0.2, 0) is 35.2 Å². The number of amides is 1. The highest BCUT2D eigenvalue weighted by Crippen LogP contribution is 2.33. The second kappa shape index (κ2) is 14.6. The van der Waals surface area contributed by atoms with Gasteiger partial charge in [0.25, 0.3) is 16.8 Å². The van der Waals surface area contributed by atoms with Crippen LogP contribution in [0.1, 0.15) is 37.9 Å². The van der Waals surface area contributed by atoms with Crippen LogP contribution < -0.4 is 4.72 Å². The van der Waals surface area contributed by atoms with Crippen molar-refractivity contribution in [2.75, 3.05) is 19.9 Å². The Morgan fingerprint density at radius 1 is 1.13 bits per heavy atom. The van der Waals surface area contributed by atoms with Crippen LogP contribution in [0.2, 0.25) is 0 Å². The molecule has 0 saturated carbocycles. The number of alkyl halides is 3. The number of halogens is 3. The molecular weight excluding hydrogens is 653 g/mol. The fourth-order valence-corrected chi connectivity index (χ4v) is 5.31. The molecule has 0 unspecified atom stereocenters. The smallest absolute Gasteiger partial charge is 0.511 e. The normalized spacial score (nSPS) is 15.4. The number of sulfonamides is 1. The van der Waals surface area contributed by atoms with Gasteiger partial charge in [-0.15, -0.1) is 5.01 Å². The monoisotopic (exact) mass is 684 g/mol. The molecule has 0 bridgehead atoms. The van der Waals surface area contributed by atoms with E-state index < -0.39 is 53.1 Å². The molecule has 0 aliphatic carbocycles. The van der Waals surface area contributed by atoms with Crippen LogP contribution in [0.5, 0.6) is 0 Å². The first-order valence-corrected chi connectivity index (χ1v) is 15.6. The number of hydrogen-bond acceptors (Lipinski definition) is 11. The Labute approximate surface area is 267 Å². The lowest BCUT2D eigenvalue weighted by atomic mass is 10.1. The Balaban J connectivity index is 1.37. The van der Waals surface area contributed by atoms with E-state index in [1.54, 1.807) is 42.8 Å². The lowest BCUT2D eigenvalue weighted by Gasteiger charge is -2.19. The fourth-order valence-electron chi connectivity index (χ4n) is 4.42. The molecule has 254 valence electrons. The molecule has 1 atom stereocenters. The molecule has 1 N–H and O–H groups in total. The van der Waals surface area contributed by atoms with E-state index in [1.165, 1.54) is 12.1 Å². The maximum Gasteiger partial charge on any atom is 0.511 e. The molecule has 0 spiro atoms. The molecule has 2 heterocycles. The molecule has 2 aromatic carbocycles. The molecule has 1 amide bonds. The van der Waals surface area contributed by atoms with Gasteiger partial charge in [-0.05, 0) is 63.9 Å². The van der Waals surface area contributed by atoms with Crippen molar-refractivity contribution in [2.45, 2.75) is 56.8 Å². The number of nitrogens with zero attached hydrogens (tertiary/aromatic N) is 5. The molecule has 19 heteroatoms. The van der Waals surface area contributed by atoms with Crippen LogP contribution in [0.4, 0.5) is 22.8 Å². The first-order chi connectivity index (χ1) is 22.1. The quantitative estimate of drug-likeness (QED) is 0.0712. The maximum absolute atomic E-state index is 13.5. The van der Waals surface area contributed by atoms with E-state index in [1.807, 2.05) is 6.92 Å². The minimum Gasteiger partial charge on any atom is -0.569 e. The second-order valence-corrected chi connectivity index (χ2v) is 12.2. The van der Waals surface area contributed by atoms with Gasteiger partial charge in [-0.3, -0.25) is 0 Å². The molecule has 1 aromatic heterocycles. The van der Waals surface area contributed by atoms with E-state index in [-0.39, 0.29) is 34.4 Å². The van der Waals surface area contributed by atoms with Crippen molar-refractivity contribution in [3.63, 3.8) is 0 Å². The topological polar surface area (TPSA) is 177 Å². The van der Waals surface area contributed by atoms with Crippen LogP contribution in [0.25, 0.3) is 16.9 Å². The van der Waals surface area contributed by atoms with Gasteiger partial charge >= 0.3 is 18.4 Å². The van der Waals surface area contributed by atoms with Crippen molar-refractivity contribution in [3.05, 3.63) is 71.1 Å². The molecule has 1 aliphatic rings. The summed E-state index contributed by atoms with van der Waals surface area (Å²) in [6, 6.07) is 11.7. The van der Waals surface area contributed by atoms with Crippen molar-refractivity contribution in [1.82, 2.24) is 19.5 Å². The zero-order valence-corrected chi connectivity index (χ0v) is 26.2. The fraction of sp³-hybridized carbons (Fsp3) is 0.393. The number of aromatic nitrogens is 2. The van der Waals surface area contributed by atoms with Crippen molar-refractivity contribution < 1.29 is 55.2 Å². The zero-order valence-electron chi connectivity index (χ0n) is 25.3. The van der Waals surface area contributed by atoms with Crippen LogP contribution in [0, 0.1) is 12.1 Å². The minimum atomic E-state index is -4.72. The Kier molecular flexibility index (Phi) is 10.8. The molecule has 4 rings (SSSR count). The molecule has 15 nitrogen and oxygen atoms in total. The summed E-state index contributed by atoms with van der Waals surface area (Å²) in [4.78, 5) is 28.1. The van der Waals surface area contributed by atoms with Gasteiger partial charge < -0.3 is 24.3 Å². The van der Waals surface area contributed by atoms with Gasteiger partial charge in [0, 0.05) is 5.56 Å². The Bertz CT molecular complexity index is 1700. The number of hydrazine groups is 1. The van der Waals surface area contributed by atoms with Gasteiger partial charge in [0.1, 0.15) is 12.6 Å². The van der Waals surface area contributed by atoms with Gasteiger partial charge in [0.15, 0.2) is 5.69 Å². The molecule has 1 aliphatic heterocycles. The van der Waals surface area contributed by atoms with E-state index in [0.29, 0.717) is 18.4 Å². The number of hydrogen-bond donors (Lipinski definition) is 1. The number of rotatable bonds is 11. The van der Waals surface area contributed by atoms with Gasteiger partial charge in [-0.2, -0.15) is 18.3 Å². The third-order valence-electron chi connectivity index (χ3n) is 6.62. The highest BCUT2D eigenvalue weighted by molar-refractivity contribution is 7.90. The first-order valence-electron chi connectivity index (χ1n) is 14.1. The van der Waals surface area contributed by atoms with Crippen LogP contribution >= 0.6 is 0 Å². The second-order valence-electron chi connectivity index (χ2n) is 10.5. The number of carbonyl (C=O) groups excluding carboxylic acids is 2. The van der Waals surface area contributed by atoms with Crippen LogP contribution in [0.15, 0.2) is 64.8 Å². The summed E-state index contributed by atoms with van der Waals surface area (Å²) in [6.07, 6.45) is -6.55. The first kappa shape index (κ1) is 34.8. The van der Waals surface area contributed by atoms with Gasteiger partial charge in [0.05, 0.1) is 33.9 Å². The predicted molar refractivity (Wildman–Crippen MR) is 155 cm³/mol. The van der Waals surface area contributed by atoms with E-state index >= 15 is 0 Å². The lowest BCUT2D eigenvalue weighted by Crippen LogP contribution is -2.40. The van der Waals surface area contributed by atoms with Gasteiger partial charge in [0.2, 0.25) is 5.28 Å². The summed E-state index contributed by atoms with van der Waals surface area (Å²) in [5.74, 6) is 0. The molecule has 0 radical (unpaired) electrons. The zero-order chi connectivity index (χ0) is 34.4. The van der Waals surface area contributed by atoms with Crippen LogP contribution in [0.3, 0.4) is 0 Å². The molecular formula is C28H31F3N6O9S. The average Bonchev–Trinajstić information content (AvgIpc) is 3.66. The number of ether oxygens (including phenoxy) is 3. The third kappa shape index (κ3) is 9.24. The van der Waals surface area contributed by atoms with E-state index in [4.69, 9.17) is 9.47 Å². The summed E-state index contributed by atoms with van der Waals surface area (Å²) in [5, 5.41) is 20.4. The molecule has 1 fully saturated rings. The predicted octanol–water partition coefficient (Wildman–Crippen LogP) is 5.07. The summed E-state index contributed by atoms with van der Waals surface area (Å²) in [7, 11) is -4.46. The van der Waals surface area contributed by atoms with Crippen molar-refractivity contribution in [2.24, 2.45) is 5.28 Å². The largest absolute Gasteiger partial charge is 0.569 e.